The van der Waals surface area contributed by atoms with Crippen molar-refractivity contribution < 1.29 is 14.3 Å². The average Bonchev–Trinajstić information content (AvgIpc) is 2.85. The van der Waals surface area contributed by atoms with Crippen molar-refractivity contribution in [2.45, 2.75) is 26.8 Å². The number of rotatable bonds is 7. The summed E-state index contributed by atoms with van der Waals surface area (Å²) >= 11 is 0. The van der Waals surface area contributed by atoms with E-state index in [4.69, 9.17) is 9.47 Å². The fraction of sp³-hybridized carbons (Fsp3) is 0.353. The van der Waals surface area contributed by atoms with E-state index in [1.807, 2.05) is 43.5 Å². The van der Waals surface area contributed by atoms with Gasteiger partial charge in [0.1, 0.15) is 11.5 Å². The Kier molecular flexibility index (Phi) is 5.04. The molecule has 4 nitrogen and oxygen atoms in total. The third-order valence-electron chi connectivity index (χ3n) is 3.49. The van der Waals surface area contributed by atoms with Crippen LogP contribution >= 0.6 is 0 Å². The summed E-state index contributed by atoms with van der Waals surface area (Å²) in [4.78, 5) is 11.4. The summed E-state index contributed by atoms with van der Waals surface area (Å²) in [5, 5.41) is 0. The largest absolute Gasteiger partial charge is 0.497 e. The van der Waals surface area contributed by atoms with E-state index in [2.05, 4.69) is 4.57 Å². The summed E-state index contributed by atoms with van der Waals surface area (Å²) in [6.07, 6.45) is 2.85. The first-order valence-electron chi connectivity index (χ1n) is 7.05. The number of aryl methyl sites for hydroxylation is 1. The highest BCUT2D eigenvalue weighted by Crippen LogP contribution is 2.17. The molecule has 0 fully saturated rings. The minimum absolute atomic E-state index is 0.112. The molecule has 0 saturated carbocycles. The molecule has 0 N–H and O–H groups in total. The van der Waals surface area contributed by atoms with Gasteiger partial charge >= 0.3 is 0 Å². The van der Waals surface area contributed by atoms with Crippen molar-refractivity contribution in [2.24, 2.45) is 0 Å². The Bertz CT molecular complexity index is 599. The van der Waals surface area contributed by atoms with E-state index in [0.29, 0.717) is 6.61 Å². The van der Waals surface area contributed by atoms with Gasteiger partial charge in [-0.1, -0.05) is 0 Å². The van der Waals surface area contributed by atoms with Gasteiger partial charge in [0.15, 0.2) is 5.78 Å². The van der Waals surface area contributed by atoms with Gasteiger partial charge in [0.25, 0.3) is 0 Å². The topological polar surface area (TPSA) is 40.5 Å². The van der Waals surface area contributed by atoms with Gasteiger partial charge in [0.2, 0.25) is 0 Å². The molecule has 1 aromatic heterocycles. The summed E-state index contributed by atoms with van der Waals surface area (Å²) in [6, 6.07) is 9.43. The Morgan fingerprint density at radius 2 is 1.81 bits per heavy atom. The number of carbonyl (C=O) groups is 1. The quantitative estimate of drug-likeness (QED) is 0.578. The molecule has 0 spiro atoms. The number of hydrogen-bond acceptors (Lipinski definition) is 3. The molecule has 1 heterocycles. The van der Waals surface area contributed by atoms with Crippen molar-refractivity contribution in [3.05, 3.63) is 47.8 Å². The van der Waals surface area contributed by atoms with Gasteiger partial charge in [-0.25, -0.2) is 0 Å². The SMILES string of the molecule is COc1ccc(OCCCn2ccc(C(C)=O)c2C)cc1. The fourth-order valence-corrected chi connectivity index (χ4v) is 2.26. The van der Waals surface area contributed by atoms with Crippen molar-refractivity contribution in [3.8, 4) is 11.5 Å². The molecule has 0 atom stereocenters. The van der Waals surface area contributed by atoms with Crippen molar-refractivity contribution in [2.75, 3.05) is 13.7 Å². The maximum atomic E-state index is 11.4. The Labute approximate surface area is 125 Å². The molecule has 0 saturated heterocycles. The molecule has 112 valence electrons. The molecule has 0 bridgehead atoms. The van der Waals surface area contributed by atoms with Crippen LogP contribution in [0, 0.1) is 6.92 Å². The molecule has 0 aliphatic rings. The zero-order valence-electron chi connectivity index (χ0n) is 12.8. The van der Waals surface area contributed by atoms with Crippen LogP contribution < -0.4 is 9.47 Å². The molecule has 0 aliphatic carbocycles. The molecule has 2 rings (SSSR count). The van der Waals surface area contributed by atoms with Crippen LogP contribution in [0.3, 0.4) is 0 Å². The standard InChI is InChI=1S/C17H21NO3/c1-13-17(14(2)19)9-11-18(13)10-4-12-21-16-7-5-15(20-3)6-8-16/h5-9,11H,4,10,12H2,1-3H3. The summed E-state index contributed by atoms with van der Waals surface area (Å²) in [5.74, 6) is 1.77. The van der Waals surface area contributed by atoms with Crippen LogP contribution in [0.4, 0.5) is 0 Å². The van der Waals surface area contributed by atoms with Gasteiger partial charge in [-0.05, 0) is 50.6 Å². The van der Waals surface area contributed by atoms with E-state index < -0.39 is 0 Å². The lowest BCUT2D eigenvalue weighted by molar-refractivity contribution is 0.101. The van der Waals surface area contributed by atoms with E-state index in [9.17, 15) is 4.79 Å². The number of nitrogens with zero attached hydrogens (tertiary/aromatic N) is 1. The van der Waals surface area contributed by atoms with Crippen LogP contribution in [0.15, 0.2) is 36.5 Å². The summed E-state index contributed by atoms with van der Waals surface area (Å²) in [6.45, 7) is 5.05. The third-order valence-corrected chi connectivity index (χ3v) is 3.49. The molecule has 21 heavy (non-hydrogen) atoms. The van der Waals surface area contributed by atoms with E-state index >= 15 is 0 Å². The highest BCUT2D eigenvalue weighted by molar-refractivity contribution is 5.95. The highest BCUT2D eigenvalue weighted by atomic mass is 16.5. The minimum atomic E-state index is 0.112. The number of methoxy groups -OCH3 is 1. The molecular weight excluding hydrogens is 266 g/mol. The molecule has 0 unspecified atom stereocenters. The number of benzene rings is 1. The zero-order valence-corrected chi connectivity index (χ0v) is 12.8. The molecule has 2 aromatic rings. The second-order valence-corrected chi connectivity index (χ2v) is 4.94. The lowest BCUT2D eigenvalue weighted by Crippen LogP contribution is -2.06. The predicted octanol–water partition coefficient (Wildman–Crippen LogP) is 3.48. The van der Waals surface area contributed by atoms with Gasteiger partial charge in [-0.2, -0.15) is 0 Å². The first-order valence-corrected chi connectivity index (χ1v) is 7.05. The van der Waals surface area contributed by atoms with Crippen LogP contribution in [-0.4, -0.2) is 24.1 Å². The maximum Gasteiger partial charge on any atom is 0.161 e. The monoisotopic (exact) mass is 287 g/mol. The van der Waals surface area contributed by atoms with Crippen molar-refractivity contribution in [3.63, 3.8) is 0 Å². The first-order chi connectivity index (χ1) is 10.1. The van der Waals surface area contributed by atoms with Gasteiger partial charge in [0, 0.05) is 24.0 Å². The molecule has 0 aliphatic heterocycles. The van der Waals surface area contributed by atoms with Crippen LogP contribution in [0.5, 0.6) is 11.5 Å². The van der Waals surface area contributed by atoms with E-state index in [-0.39, 0.29) is 5.78 Å². The van der Waals surface area contributed by atoms with Gasteiger partial charge in [-0.15, -0.1) is 0 Å². The molecule has 0 radical (unpaired) electrons. The Hall–Kier alpha value is -2.23. The van der Waals surface area contributed by atoms with E-state index in [1.54, 1.807) is 14.0 Å². The van der Waals surface area contributed by atoms with Gasteiger partial charge in [-0.3, -0.25) is 4.79 Å². The number of ketones is 1. The molecule has 4 heteroatoms. The number of ether oxygens (including phenoxy) is 2. The minimum Gasteiger partial charge on any atom is -0.497 e. The van der Waals surface area contributed by atoms with Crippen LogP contribution in [0.1, 0.15) is 29.4 Å². The van der Waals surface area contributed by atoms with E-state index in [1.165, 1.54) is 0 Å². The van der Waals surface area contributed by atoms with Crippen LogP contribution in [0.25, 0.3) is 0 Å². The highest BCUT2D eigenvalue weighted by Gasteiger charge is 2.08. The Morgan fingerprint density at radius 1 is 1.14 bits per heavy atom. The average molecular weight is 287 g/mol. The fourth-order valence-electron chi connectivity index (χ4n) is 2.26. The summed E-state index contributed by atoms with van der Waals surface area (Å²) in [7, 11) is 1.64. The lowest BCUT2D eigenvalue weighted by Gasteiger charge is -2.09. The summed E-state index contributed by atoms with van der Waals surface area (Å²) < 4.78 is 12.9. The van der Waals surface area contributed by atoms with Crippen molar-refractivity contribution in [1.82, 2.24) is 4.57 Å². The van der Waals surface area contributed by atoms with Gasteiger partial charge in [0.05, 0.1) is 13.7 Å². The smallest absolute Gasteiger partial charge is 0.161 e. The molecule has 0 amide bonds. The molecule has 1 aromatic carbocycles. The third kappa shape index (κ3) is 3.88. The van der Waals surface area contributed by atoms with Crippen LogP contribution in [-0.2, 0) is 6.54 Å². The normalized spacial score (nSPS) is 10.4. The van der Waals surface area contributed by atoms with Crippen molar-refractivity contribution in [1.29, 1.82) is 0 Å². The Morgan fingerprint density at radius 3 is 2.38 bits per heavy atom. The lowest BCUT2D eigenvalue weighted by atomic mass is 10.2. The predicted molar refractivity (Wildman–Crippen MR) is 82.3 cm³/mol. The Balaban J connectivity index is 1.80. The summed E-state index contributed by atoms with van der Waals surface area (Å²) in [5.41, 5.74) is 1.82. The van der Waals surface area contributed by atoms with Crippen molar-refractivity contribution >= 4 is 5.78 Å². The van der Waals surface area contributed by atoms with E-state index in [0.717, 1.165) is 35.7 Å². The second-order valence-electron chi connectivity index (χ2n) is 4.94. The zero-order chi connectivity index (χ0) is 15.2. The number of Topliss-reactive ketones (excluding diaryl/α,β-unsaturated/α-hetero) is 1. The maximum absolute atomic E-state index is 11.4. The molecular formula is C17H21NO3. The van der Waals surface area contributed by atoms with Gasteiger partial charge < -0.3 is 14.0 Å². The van der Waals surface area contributed by atoms with Crippen LogP contribution in [0.2, 0.25) is 0 Å². The number of aromatic nitrogens is 1. The number of hydrogen-bond donors (Lipinski definition) is 0. The number of carbonyl (C=O) groups excluding carboxylic acids is 1. The first kappa shape index (κ1) is 15.2. The second kappa shape index (κ2) is 6.97.